The highest BCUT2D eigenvalue weighted by molar-refractivity contribution is 7.89. The molecule has 0 atom stereocenters. The fourth-order valence-electron chi connectivity index (χ4n) is 5.14. The zero-order valence-electron chi connectivity index (χ0n) is 17.9. The van der Waals surface area contributed by atoms with Crippen molar-refractivity contribution in [3.63, 3.8) is 0 Å². The summed E-state index contributed by atoms with van der Waals surface area (Å²) in [5.74, 6) is 0.685. The highest BCUT2D eigenvalue weighted by Gasteiger charge is 2.28. The van der Waals surface area contributed by atoms with Gasteiger partial charge in [-0.2, -0.15) is 4.31 Å². The van der Waals surface area contributed by atoms with Crippen molar-refractivity contribution in [2.45, 2.75) is 68.7 Å². The number of amides is 1. The molecule has 3 aliphatic rings. The third kappa shape index (κ3) is 5.24. The van der Waals surface area contributed by atoms with Crippen LogP contribution >= 0.6 is 0 Å². The Hall–Kier alpha value is -1.44. The van der Waals surface area contributed by atoms with Gasteiger partial charge in [0.1, 0.15) is 0 Å². The van der Waals surface area contributed by atoms with E-state index in [4.69, 9.17) is 0 Å². The molecule has 30 heavy (non-hydrogen) atoms. The van der Waals surface area contributed by atoms with Crippen LogP contribution in [0.5, 0.6) is 0 Å². The Morgan fingerprint density at radius 1 is 0.933 bits per heavy atom. The standard InChI is InChI=1S/C23H35N3O3S/c27-23(20-9-6-10-22(17-20)30(28,29)26-13-4-5-14-26)24-21-11-15-25(16-12-21)18-19-7-2-1-3-8-19/h6,9-10,17,19,21H,1-5,7-8,11-16,18H2,(H,24,27). The van der Waals surface area contributed by atoms with Crippen LogP contribution in [0.25, 0.3) is 0 Å². The fraction of sp³-hybridized carbons (Fsp3) is 0.696. The number of nitrogens with zero attached hydrogens (tertiary/aromatic N) is 2. The predicted octanol–water partition coefficient (Wildman–Crippen LogP) is 3.25. The van der Waals surface area contributed by atoms with E-state index in [0.29, 0.717) is 18.7 Å². The molecule has 1 aromatic rings. The number of hydrogen-bond donors (Lipinski definition) is 1. The summed E-state index contributed by atoms with van der Waals surface area (Å²) in [5.41, 5.74) is 0.430. The van der Waals surface area contributed by atoms with Crippen LogP contribution in [-0.4, -0.2) is 62.3 Å². The molecule has 2 saturated heterocycles. The van der Waals surface area contributed by atoms with E-state index in [1.807, 2.05) is 0 Å². The van der Waals surface area contributed by atoms with Crippen molar-refractivity contribution < 1.29 is 13.2 Å². The fourth-order valence-corrected chi connectivity index (χ4v) is 6.70. The minimum atomic E-state index is -3.50. The van der Waals surface area contributed by atoms with Crippen LogP contribution in [0.4, 0.5) is 0 Å². The molecule has 7 heteroatoms. The maximum absolute atomic E-state index is 12.8. The number of rotatable bonds is 6. The molecule has 2 heterocycles. The Morgan fingerprint density at radius 3 is 2.33 bits per heavy atom. The van der Waals surface area contributed by atoms with Crippen LogP contribution in [0.15, 0.2) is 29.2 Å². The largest absolute Gasteiger partial charge is 0.349 e. The van der Waals surface area contributed by atoms with Crippen molar-refractivity contribution in [2.24, 2.45) is 5.92 Å². The first-order valence-corrected chi connectivity index (χ1v) is 13.1. The second-order valence-corrected chi connectivity index (χ2v) is 11.1. The van der Waals surface area contributed by atoms with Gasteiger partial charge in [0.25, 0.3) is 5.91 Å². The highest BCUT2D eigenvalue weighted by atomic mass is 32.2. The number of hydrogen-bond acceptors (Lipinski definition) is 4. The summed E-state index contributed by atoms with van der Waals surface area (Å²) in [7, 11) is -3.50. The van der Waals surface area contributed by atoms with Crippen molar-refractivity contribution in [1.29, 1.82) is 0 Å². The molecule has 0 bridgehead atoms. The molecule has 166 valence electrons. The molecule has 0 aromatic heterocycles. The van der Waals surface area contributed by atoms with Gasteiger partial charge in [0.2, 0.25) is 10.0 Å². The van der Waals surface area contributed by atoms with Gasteiger partial charge in [0.05, 0.1) is 4.90 Å². The molecule has 0 unspecified atom stereocenters. The Morgan fingerprint density at radius 2 is 1.63 bits per heavy atom. The lowest BCUT2D eigenvalue weighted by molar-refractivity contribution is 0.0901. The summed E-state index contributed by atoms with van der Waals surface area (Å²) in [6.07, 6.45) is 10.6. The predicted molar refractivity (Wildman–Crippen MR) is 118 cm³/mol. The van der Waals surface area contributed by atoms with E-state index in [-0.39, 0.29) is 16.8 Å². The van der Waals surface area contributed by atoms with Gasteiger partial charge in [0.15, 0.2) is 0 Å². The Bertz CT molecular complexity index is 822. The van der Waals surface area contributed by atoms with E-state index in [2.05, 4.69) is 10.2 Å². The molecule has 0 spiro atoms. The third-order valence-corrected chi connectivity index (χ3v) is 8.86. The molecule has 1 aromatic carbocycles. The maximum Gasteiger partial charge on any atom is 0.251 e. The molecule has 4 rings (SSSR count). The Labute approximate surface area is 181 Å². The quantitative estimate of drug-likeness (QED) is 0.748. The lowest BCUT2D eigenvalue weighted by Crippen LogP contribution is -2.46. The maximum atomic E-state index is 12.8. The Balaban J connectivity index is 1.30. The zero-order valence-corrected chi connectivity index (χ0v) is 18.7. The second-order valence-electron chi connectivity index (χ2n) is 9.19. The van der Waals surface area contributed by atoms with Gasteiger partial charge in [-0.1, -0.05) is 25.3 Å². The first kappa shape index (κ1) is 21.8. The summed E-state index contributed by atoms with van der Waals surface area (Å²) in [6, 6.07) is 6.66. The zero-order chi connectivity index (χ0) is 21.0. The molecule has 0 radical (unpaired) electrons. The number of benzene rings is 1. The van der Waals surface area contributed by atoms with Gasteiger partial charge in [-0.05, 0) is 62.6 Å². The smallest absolute Gasteiger partial charge is 0.251 e. The van der Waals surface area contributed by atoms with Crippen LogP contribution in [-0.2, 0) is 10.0 Å². The van der Waals surface area contributed by atoms with Gasteiger partial charge >= 0.3 is 0 Å². The molecule has 1 N–H and O–H groups in total. The van der Waals surface area contributed by atoms with E-state index in [1.54, 1.807) is 18.2 Å². The molecule has 3 fully saturated rings. The van der Waals surface area contributed by atoms with Crippen molar-refractivity contribution in [2.75, 3.05) is 32.7 Å². The van der Waals surface area contributed by atoms with Crippen LogP contribution in [0.1, 0.15) is 68.1 Å². The summed E-state index contributed by atoms with van der Waals surface area (Å²) in [6.45, 7) is 4.41. The highest BCUT2D eigenvalue weighted by Crippen LogP contribution is 2.26. The molecule has 1 saturated carbocycles. The van der Waals surface area contributed by atoms with Gasteiger partial charge in [-0.25, -0.2) is 8.42 Å². The Kier molecular flexibility index (Phi) is 7.11. The van der Waals surface area contributed by atoms with Crippen molar-refractivity contribution in [3.8, 4) is 0 Å². The summed E-state index contributed by atoms with van der Waals surface area (Å²) < 4.78 is 27.1. The molecular weight excluding hydrogens is 398 g/mol. The lowest BCUT2D eigenvalue weighted by atomic mass is 9.88. The summed E-state index contributed by atoms with van der Waals surface area (Å²) >= 11 is 0. The average Bonchev–Trinajstić information content (AvgIpc) is 3.32. The first-order chi connectivity index (χ1) is 14.5. The SMILES string of the molecule is O=C(NC1CCN(CC2CCCCC2)CC1)c1cccc(S(=O)(=O)N2CCCC2)c1. The second kappa shape index (κ2) is 9.79. The summed E-state index contributed by atoms with van der Waals surface area (Å²) in [5, 5.41) is 3.13. The van der Waals surface area contributed by atoms with Crippen LogP contribution in [0, 0.1) is 5.92 Å². The number of nitrogens with one attached hydrogen (secondary N) is 1. The van der Waals surface area contributed by atoms with E-state index >= 15 is 0 Å². The van der Waals surface area contributed by atoms with E-state index in [1.165, 1.54) is 49.0 Å². The topological polar surface area (TPSA) is 69.7 Å². The van der Waals surface area contributed by atoms with E-state index < -0.39 is 10.0 Å². The number of likely N-dealkylation sites (tertiary alicyclic amines) is 1. The molecule has 2 aliphatic heterocycles. The van der Waals surface area contributed by atoms with Crippen LogP contribution in [0.3, 0.4) is 0 Å². The number of carbonyl (C=O) groups excluding carboxylic acids is 1. The molecule has 1 aliphatic carbocycles. The van der Waals surface area contributed by atoms with E-state index in [9.17, 15) is 13.2 Å². The minimum absolute atomic E-state index is 0.166. The molecule has 6 nitrogen and oxygen atoms in total. The van der Waals surface area contributed by atoms with Gasteiger partial charge in [0, 0.05) is 44.3 Å². The lowest BCUT2D eigenvalue weighted by Gasteiger charge is -2.35. The normalized spacial score (nSPS) is 22.9. The number of carbonyl (C=O) groups is 1. The van der Waals surface area contributed by atoms with Gasteiger partial charge in [-0.15, -0.1) is 0 Å². The summed E-state index contributed by atoms with van der Waals surface area (Å²) in [4.78, 5) is 15.6. The monoisotopic (exact) mass is 433 g/mol. The van der Waals surface area contributed by atoms with Crippen molar-refractivity contribution >= 4 is 15.9 Å². The third-order valence-electron chi connectivity index (χ3n) is 6.96. The molecule has 1 amide bonds. The molecular formula is C23H35N3O3S. The number of sulfonamides is 1. The average molecular weight is 434 g/mol. The van der Waals surface area contributed by atoms with Crippen LogP contribution < -0.4 is 5.32 Å². The van der Waals surface area contributed by atoms with Crippen molar-refractivity contribution in [3.05, 3.63) is 29.8 Å². The number of piperidine rings is 1. The van der Waals surface area contributed by atoms with Crippen molar-refractivity contribution in [1.82, 2.24) is 14.5 Å². The van der Waals surface area contributed by atoms with Gasteiger partial charge < -0.3 is 10.2 Å². The van der Waals surface area contributed by atoms with Crippen LogP contribution in [0.2, 0.25) is 0 Å². The minimum Gasteiger partial charge on any atom is -0.349 e. The van der Waals surface area contributed by atoms with Gasteiger partial charge in [-0.3, -0.25) is 4.79 Å². The van der Waals surface area contributed by atoms with E-state index in [0.717, 1.165) is 44.7 Å². The first-order valence-electron chi connectivity index (χ1n) is 11.7.